The van der Waals surface area contributed by atoms with Crippen LogP contribution in [0.5, 0.6) is 0 Å². The van der Waals surface area contributed by atoms with Crippen molar-refractivity contribution in [2.75, 3.05) is 18.1 Å². The fraction of sp³-hybridized carbons (Fsp3) is 0.700. The lowest BCUT2D eigenvalue weighted by Crippen LogP contribution is -2.51. The SMILES string of the molecule is C=CCSCCNC(=O)C(C)(N)CC. The second-order valence-corrected chi connectivity index (χ2v) is 4.54. The first-order chi connectivity index (χ1) is 6.54. The Morgan fingerprint density at radius 3 is 2.86 bits per heavy atom. The molecule has 0 aromatic heterocycles. The summed E-state index contributed by atoms with van der Waals surface area (Å²) < 4.78 is 0. The molecule has 0 fully saturated rings. The molecule has 0 aromatic rings. The molecule has 0 spiro atoms. The number of thioether (sulfide) groups is 1. The topological polar surface area (TPSA) is 55.1 Å². The lowest BCUT2D eigenvalue weighted by atomic mass is 10.00. The van der Waals surface area contributed by atoms with Crippen molar-refractivity contribution in [3.63, 3.8) is 0 Å². The predicted octanol–water partition coefficient (Wildman–Crippen LogP) is 1.15. The molecular weight excluding hydrogens is 196 g/mol. The van der Waals surface area contributed by atoms with E-state index in [1.807, 2.05) is 13.0 Å². The average molecular weight is 216 g/mol. The van der Waals surface area contributed by atoms with Gasteiger partial charge in [0.1, 0.15) is 0 Å². The van der Waals surface area contributed by atoms with Crippen LogP contribution in [0.3, 0.4) is 0 Å². The molecule has 4 heteroatoms. The van der Waals surface area contributed by atoms with Crippen LogP contribution in [0.2, 0.25) is 0 Å². The van der Waals surface area contributed by atoms with E-state index in [2.05, 4.69) is 11.9 Å². The number of hydrogen-bond donors (Lipinski definition) is 2. The zero-order valence-corrected chi connectivity index (χ0v) is 9.82. The monoisotopic (exact) mass is 216 g/mol. The van der Waals surface area contributed by atoms with Crippen LogP contribution in [0, 0.1) is 0 Å². The van der Waals surface area contributed by atoms with Crippen molar-refractivity contribution in [3.8, 4) is 0 Å². The molecule has 3 N–H and O–H groups in total. The van der Waals surface area contributed by atoms with E-state index >= 15 is 0 Å². The number of amides is 1. The van der Waals surface area contributed by atoms with Crippen molar-refractivity contribution in [1.29, 1.82) is 0 Å². The van der Waals surface area contributed by atoms with Gasteiger partial charge in [-0.2, -0.15) is 11.8 Å². The van der Waals surface area contributed by atoms with E-state index in [-0.39, 0.29) is 5.91 Å². The highest BCUT2D eigenvalue weighted by Crippen LogP contribution is 2.04. The summed E-state index contributed by atoms with van der Waals surface area (Å²) in [6.07, 6.45) is 2.50. The Morgan fingerprint density at radius 1 is 1.71 bits per heavy atom. The molecule has 0 aliphatic heterocycles. The Morgan fingerprint density at radius 2 is 2.36 bits per heavy atom. The largest absolute Gasteiger partial charge is 0.354 e. The van der Waals surface area contributed by atoms with Gasteiger partial charge in [0, 0.05) is 18.1 Å². The number of carbonyl (C=O) groups excluding carboxylic acids is 1. The van der Waals surface area contributed by atoms with Gasteiger partial charge in [-0.3, -0.25) is 4.79 Å². The van der Waals surface area contributed by atoms with Crippen LogP contribution >= 0.6 is 11.8 Å². The number of nitrogens with one attached hydrogen (secondary N) is 1. The third kappa shape index (κ3) is 5.29. The molecule has 0 saturated carbocycles. The first-order valence-corrected chi connectivity index (χ1v) is 5.96. The summed E-state index contributed by atoms with van der Waals surface area (Å²) in [6.45, 7) is 7.95. The van der Waals surface area contributed by atoms with Crippen LogP contribution in [0.1, 0.15) is 20.3 Å². The fourth-order valence-corrected chi connectivity index (χ4v) is 1.35. The van der Waals surface area contributed by atoms with E-state index in [0.29, 0.717) is 13.0 Å². The smallest absolute Gasteiger partial charge is 0.239 e. The van der Waals surface area contributed by atoms with Crippen molar-refractivity contribution >= 4 is 17.7 Å². The van der Waals surface area contributed by atoms with Gasteiger partial charge in [0.2, 0.25) is 5.91 Å². The van der Waals surface area contributed by atoms with Gasteiger partial charge in [-0.15, -0.1) is 6.58 Å². The average Bonchev–Trinajstić information content (AvgIpc) is 2.17. The maximum absolute atomic E-state index is 11.5. The molecule has 82 valence electrons. The molecule has 0 rings (SSSR count). The second-order valence-electron chi connectivity index (χ2n) is 3.39. The summed E-state index contributed by atoms with van der Waals surface area (Å²) in [5.41, 5.74) is 5.03. The molecule has 0 radical (unpaired) electrons. The van der Waals surface area contributed by atoms with Crippen LogP contribution in [-0.4, -0.2) is 29.5 Å². The summed E-state index contributed by atoms with van der Waals surface area (Å²) in [4.78, 5) is 11.5. The third-order valence-corrected chi connectivity index (χ3v) is 2.99. The standard InChI is InChI=1S/C10H20N2OS/c1-4-7-14-8-6-12-9(13)10(3,11)5-2/h4H,1,5-8,11H2,2-3H3,(H,12,13). The Hall–Kier alpha value is -0.480. The van der Waals surface area contributed by atoms with Crippen LogP contribution < -0.4 is 11.1 Å². The number of hydrogen-bond acceptors (Lipinski definition) is 3. The fourth-order valence-electron chi connectivity index (χ4n) is 0.766. The number of nitrogens with two attached hydrogens (primary N) is 1. The number of rotatable bonds is 7. The minimum Gasteiger partial charge on any atom is -0.354 e. The quantitative estimate of drug-likeness (QED) is 0.496. The summed E-state index contributed by atoms with van der Waals surface area (Å²) in [5.74, 6) is 1.75. The van der Waals surface area contributed by atoms with Crippen LogP contribution in [0.25, 0.3) is 0 Å². The molecule has 3 nitrogen and oxygen atoms in total. The second kappa shape index (κ2) is 6.90. The molecule has 0 aliphatic rings. The van der Waals surface area contributed by atoms with E-state index in [1.54, 1.807) is 18.7 Å². The summed E-state index contributed by atoms with van der Waals surface area (Å²) in [6, 6.07) is 0. The van der Waals surface area contributed by atoms with Gasteiger partial charge in [0.05, 0.1) is 5.54 Å². The highest BCUT2D eigenvalue weighted by molar-refractivity contribution is 7.99. The number of carbonyl (C=O) groups is 1. The first-order valence-electron chi connectivity index (χ1n) is 4.80. The molecule has 14 heavy (non-hydrogen) atoms. The third-order valence-electron chi connectivity index (χ3n) is 2.02. The van der Waals surface area contributed by atoms with Gasteiger partial charge in [-0.25, -0.2) is 0 Å². The molecule has 0 bridgehead atoms. The summed E-state index contributed by atoms with van der Waals surface area (Å²) in [5, 5.41) is 2.81. The molecule has 1 amide bonds. The normalized spacial score (nSPS) is 14.5. The molecular formula is C10H20N2OS. The van der Waals surface area contributed by atoms with E-state index < -0.39 is 5.54 Å². The summed E-state index contributed by atoms with van der Waals surface area (Å²) >= 11 is 1.74. The highest BCUT2D eigenvalue weighted by atomic mass is 32.2. The van der Waals surface area contributed by atoms with Crippen LogP contribution in [0.4, 0.5) is 0 Å². The van der Waals surface area contributed by atoms with E-state index in [1.165, 1.54) is 0 Å². The molecule has 1 atom stereocenters. The van der Waals surface area contributed by atoms with Gasteiger partial charge in [-0.05, 0) is 13.3 Å². The molecule has 0 heterocycles. The Bertz CT molecular complexity index is 193. The predicted molar refractivity (Wildman–Crippen MR) is 63.4 cm³/mol. The lowest BCUT2D eigenvalue weighted by molar-refractivity contribution is -0.125. The van der Waals surface area contributed by atoms with Crippen LogP contribution in [-0.2, 0) is 4.79 Å². The van der Waals surface area contributed by atoms with Crippen molar-refractivity contribution < 1.29 is 4.79 Å². The molecule has 0 saturated heterocycles. The summed E-state index contributed by atoms with van der Waals surface area (Å²) in [7, 11) is 0. The zero-order valence-electron chi connectivity index (χ0n) is 9.01. The van der Waals surface area contributed by atoms with Crippen molar-refractivity contribution in [2.24, 2.45) is 5.73 Å². The maximum atomic E-state index is 11.5. The van der Waals surface area contributed by atoms with E-state index in [9.17, 15) is 4.79 Å². The Balaban J connectivity index is 3.59. The molecule has 1 unspecified atom stereocenters. The Kier molecular flexibility index (Phi) is 6.66. The van der Waals surface area contributed by atoms with Crippen molar-refractivity contribution in [2.45, 2.75) is 25.8 Å². The molecule has 0 aromatic carbocycles. The van der Waals surface area contributed by atoms with E-state index in [4.69, 9.17) is 5.73 Å². The highest BCUT2D eigenvalue weighted by Gasteiger charge is 2.24. The van der Waals surface area contributed by atoms with Crippen molar-refractivity contribution in [3.05, 3.63) is 12.7 Å². The minimum atomic E-state index is -0.733. The molecule has 0 aliphatic carbocycles. The maximum Gasteiger partial charge on any atom is 0.239 e. The van der Waals surface area contributed by atoms with Gasteiger partial charge in [0.15, 0.2) is 0 Å². The van der Waals surface area contributed by atoms with Gasteiger partial charge in [-0.1, -0.05) is 13.0 Å². The van der Waals surface area contributed by atoms with Gasteiger partial charge in [0.25, 0.3) is 0 Å². The Labute approximate surface area is 90.5 Å². The lowest BCUT2D eigenvalue weighted by Gasteiger charge is -2.21. The van der Waals surface area contributed by atoms with Crippen molar-refractivity contribution in [1.82, 2.24) is 5.32 Å². The van der Waals surface area contributed by atoms with Gasteiger partial charge >= 0.3 is 0 Å². The first kappa shape index (κ1) is 13.5. The van der Waals surface area contributed by atoms with Crippen LogP contribution in [0.15, 0.2) is 12.7 Å². The zero-order chi connectivity index (χ0) is 11.0. The minimum absolute atomic E-state index is 0.0702. The van der Waals surface area contributed by atoms with E-state index in [0.717, 1.165) is 11.5 Å². The van der Waals surface area contributed by atoms with Gasteiger partial charge < -0.3 is 11.1 Å².